The third-order valence-corrected chi connectivity index (χ3v) is 6.65. The summed E-state index contributed by atoms with van der Waals surface area (Å²) in [4.78, 5) is 24.7. The number of hydrogen-bond acceptors (Lipinski definition) is 5. The molecule has 1 amide bonds. The van der Waals surface area contributed by atoms with Crippen LogP contribution in [0.5, 0.6) is 0 Å². The molecule has 0 saturated heterocycles. The standard InChI is InChI=1S/C26H27FN2O5S/c1-18(12-13-20-8-4-3-5-9-20)28-25(30)19(2)34-26(31)21-14-16-22(17-15-21)35(32,33)29-24-11-7-6-10-23(24)27/h3-11,14-19,29H,12-13H2,1-2H3,(H,28,30). The number of amides is 1. The number of carbonyl (C=O) groups is 2. The van der Waals surface area contributed by atoms with E-state index < -0.39 is 33.8 Å². The molecule has 0 aliphatic carbocycles. The van der Waals surface area contributed by atoms with Crippen molar-refractivity contribution in [1.82, 2.24) is 5.32 Å². The van der Waals surface area contributed by atoms with Crippen molar-refractivity contribution in [1.29, 1.82) is 0 Å². The molecule has 35 heavy (non-hydrogen) atoms. The number of benzene rings is 3. The lowest BCUT2D eigenvalue weighted by atomic mass is 10.1. The number of halogens is 1. The van der Waals surface area contributed by atoms with Gasteiger partial charge in [0.1, 0.15) is 5.82 Å². The van der Waals surface area contributed by atoms with Crippen LogP contribution in [0.4, 0.5) is 10.1 Å². The van der Waals surface area contributed by atoms with Crippen LogP contribution in [0.1, 0.15) is 36.2 Å². The van der Waals surface area contributed by atoms with Crippen LogP contribution in [0.25, 0.3) is 0 Å². The number of para-hydroxylation sites is 1. The Kier molecular flexibility index (Phi) is 8.59. The van der Waals surface area contributed by atoms with Gasteiger partial charge in [-0.05, 0) is 68.7 Å². The first kappa shape index (κ1) is 25.9. The number of rotatable bonds is 10. The Labute approximate surface area is 204 Å². The summed E-state index contributed by atoms with van der Waals surface area (Å²) in [5.74, 6) is -1.90. The number of aryl methyl sites for hydroxylation is 1. The van der Waals surface area contributed by atoms with Crippen molar-refractivity contribution in [3.05, 3.63) is 95.8 Å². The zero-order valence-corrected chi connectivity index (χ0v) is 20.2. The summed E-state index contributed by atoms with van der Waals surface area (Å²) in [5, 5.41) is 2.83. The van der Waals surface area contributed by atoms with Crippen molar-refractivity contribution in [2.24, 2.45) is 0 Å². The second kappa shape index (κ2) is 11.6. The summed E-state index contributed by atoms with van der Waals surface area (Å²) in [5.41, 5.74) is 1.06. The van der Waals surface area contributed by atoms with Crippen molar-refractivity contribution in [2.75, 3.05) is 4.72 Å². The Bertz CT molecular complexity index is 1260. The predicted molar refractivity (Wildman–Crippen MR) is 131 cm³/mol. The van der Waals surface area contributed by atoms with Gasteiger partial charge in [-0.1, -0.05) is 42.5 Å². The van der Waals surface area contributed by atoms with Gasteiger partial charge in [-0.15, -0.1) is 0 Å². The van der Waals surface area contributed by atoms with E-state index in [0.717, 1.165) is 18.9 Å². The molecule has 0 saturated carbocycles. The van der Waals surface area contributed by atoms with Crippen LogP contribution >= 0.6 is 0 Å². The fraction of sp³-hybridized carbons (Fsp3) is 0.231. The van der Waals surface area contributed by atoms with Crippen molar-refractivity contribution in [2.45, 2.75) is 43.7 Å². The summed E-state index contributed by atoms with van der Waals surface area (Å²) >= 11 is 0. The van der Waals surface area contributed by atoms with Gasteiger partial charge in [-0.2, -0.15) is 0 Å². The first-order chi connectivity index (χ1) is 16.7. The lowest BCUT2D eigenvalue weighted by Crippen LogP contribution is -2.41. The highest BCUT2D eigenvalue weighted by Gasteiger charge is 2.22. The van der Waals surface area contributed by atoms with E-state index in [1.54, 1.807) is 0 Å². The summed E-state index contributed by atoms with van der Waals surface area (Å²) in [7, 11) is -4.06. The Morgan fingerprint density at radius 2 is 1.54 bits per heavy atom. The molecule has 0 heterocycles. The largest absolute Gasteiger partial charge is 0.449 e. The Balaban J connectivity index is 1.53. The van der Waals surface area contributed by atoms with Gasteiger partial charge in [0.05, 0.1) is 16.1 Å². The molecule has 0 fully saturated rings. The minimum Gasteiger partial charge on any atom is -0.449 e. The highest BCUT2D eigenvalue weighted by Crippen LogP contribution is 2.19. The Morgan fingerprint density at radius 1 is 0.914 bits per heavy atom. The van der Waals surface area contributed by atoms with Crippen LogP contribution in [0.15, 0.2) is 83.8 Å². The number of nitrogens with one attached hydrogen (secondary N) is 2. The summed E-state index contributed by atoms with van der Waals surface area (Å²) in [6.45, 7) is 3.35. The molecule has 7 nitrogen and oxygen atoms in total. The fourth-order valence-corrected chi connectivity index (χ4v) is 4.33. The van der Waals surface area contributed by atoms with Gasteiger partial charge >= 0.3 is 5.97 Å². The van der Waals surface area contributed by atoms with E-state index in [1.807, 2.05) is 37.3 Å². The van der Waals surface area contributed by atoms with Gasteiger partial charge in [0.15, 0.2) is 6.10 Å². The third kappa shape index (κ3) is 7.38. The van der Waals surface area contributed by atoms with E-state index in [2.05, 4.69) is 10.0 Å². The monoisotopic (exact) mass is 498 g/mol. The molecule has 2 atom stereocenters. The van der Waals surface area contributed by atoms with Gasteiger partial charge in [-0.3, -0.25) is 9.52 Å². The molecule has 3 aromatic rings. The summed E-state index contributed by atoms with van der Waals surface area (Å²) in [6.07, 6.45) is 0.498. The van der Waals surface area contributed by atoms with E-state index in [1.165, 1.54) is 55.0 Å². The number of carbonyl (C=O) groups excluding carboxylic acids is 2. The van der Waals surface area contributed by atoms with E-state index in [9.17, 15) is 22.4 Å². The molecule has 0 aliphatic heterocycles. The van der Waals surface area contributed by atoms with E-state index >= 15 is 0 Å². The molecule has 184 valence electrons. The number of hydrogen-bond donors (Lipinski definition) is 2. The second-order valence-corrected chi connectivity index (χ2v) is 9.77. The molecular weight excluding hydrogens is 471 g/mol. The number of esters is 1. The number of sulfonamides is 1. The maximum atomic E-state index is 13.8. The van der Waals surface area contributed by atoms with Crippen LogP contribution in [-0.2, 0) is 26.0 Å². The molecule has 2 N–H and O–H groups in total. The van der Waals surface area contributed by atoms with Crippen LogP contribution in [0, 0.1) is 5.82 Å². The van der Waals surface area contributed by atoms with Gasteiger partial charge in [0.25, 0.3) is 15.9 Å². The molecule has 3 rings (SSSR count). The van der Waals surface area contributed by atoms with Gasteiger partial charge < -0.3 is 10.1 Å². The van der Waals surface area contributed by atoms with Crippen LogP contribution < -0.4 is 10.0 Å². The lowest BCUT2D eigenvalue weighted by Gasteiger charge is -2.18. The van der Waals surface area contributed by atoms with Crippen LogP contribution in [-0.4, -0.2) is 32.4 Å². The van der Waals surface area contributed by atoms with E-state index in [4.69, 9.17) is 4.74 Å². The first-order valence-electron chi connectivity index (χ1n) is 11.1. The summed E-state index contributed by atoms with van der Waals surface area (Å²) in [6, 6.07) is 20.1. The predicted octanol–water partition coefficient (Wildman–Crippen LogP) is 4.31. The highest BCUT2D eigenvalue weighted by molar-refractivity contribution is 7.92. The van der Waals surface area contributed by atoms with E-state index in [-0.39, 0.29) is 22.2 Å². The molecule has 0 spiro atoms. The van der Waals surface area contributed by atoms with Crippen molar-refractivity contribution in [3.63, 3.8) is 0 Å². The first-order valence-corrected chi connectivity index (χ1v) is 12.6. The lowest BCUT2D eigenvalue weighted by molar-refractivity contribution is -0.129. The molecule has 2 unspecified atom stereocenters. The van der Waals surface area contributed by atoms with E-state index in [0.29, 0.717) is 0 Å². The molecule has 0 aromatic heterocycles. The van der Waals surface area contributed by atoms with Crippen LogP contribution in [0.2, 0.25) is 0 Å². The Morgan fingerprint density at radius 3 is 2.20 bits per heavy atom. The highest BCUT2D eigenvalue weighted by atomic mass is 32.2. The molecule has 0 radical (unpaired) electrons. The minimum absolute atomic E-state index is 0.0756. The fourth-order valence-electron chi connectivity index (χ4n) is 3.26. The van der Waals surface area contributed by atoms with Crippen molar-refractivity contribution >= 4 is 27.6 Å². The molecule has 9 heteroatoms. The number of anilines is 1. The van der Waals surface area contributed by atoms with Gasteiger partial charge in [0, 0.05) is 6.04 Å². The smallest absolute Gasteiger partial charge is 0.338 e. The zero-order valence-electron chi connectivity index (χ0n) is 19.4. The minimum atomic E-state index is -4.06. The van der Waals surface area contributed by atoms with Crippen molar-refractivity contribution < 1.29 is 27.1 Å². The quantitative estimate of drug-likeness (QED) is 0.406. The molecular formula is C26H27FN2O5S. The third-order valence-electron chi connectivity index (χ3n) is 5.27. The normalized spacial score (nSPS) is 12.9. The van der Waals surface area contributed by atoms with Crippen LogP contribution in [0.3, 0.4) is 0 Å². The molecule has 3 aromatic carbocycles. The van der Waals surface area contributed by atoms with Gasteiger partial charge in [0.2, 0.25) is 0 Å². The SMILES string of the molecule is CC(CCc1ccccc1)NC(=O)C(C)OC(=O)c1ccc(S(=O)(=O)Nc2ccccc2F)cc1. The molecule has 0 bridgehead atoms. The zero-order chi connectivity index (χ0) is 25.4. The summed E-state index contributed by atoms with van der Waals surface area (Å²) < 4.78 is 46.2. The molecule has 0 aliphatic rings. The average molecular weight is 499 g/mol. The average Bonchev–Trinajstić information content (AvgIpc) is 2.84. The van der Waals surface area contributed by atoms with Crippen molar-refractivity contribution in [3.8, 4) is 0 Å². The maximum Gasteiger partial charge on any atom is 0.338 e. The van der Waals surface area contributed by atoms with Gasteiger partial charge in [-0.25, -0.2) is 17.6 Å². The maximum absolute atomic E-state index is 13.8. The topological polar surface area (TPSA) is 102 Å². The second-order valence-electron chi connectivity index (χ2n) is 8.09. The number of ether oxygens (including phenoxy) is 1. The Hall–Kier alpha value is -3.72.